The molecule has 0 saturated heterocycles. The van der Waals surface area contributed by atoms with Crippen LogP contribution >= 0.6 is 15.9 Å². The van der Waals surface area contributed by atoms with Crippen molar-refractivity contribution in [3.05, 3.63) is 34.5 Å². The summed E-state index contributed by atoms with van der Waals surface area (Å²) in [6.45, 7) is 3.36. The molecule has 21 heavy (non-hydrogen) atoms. The molecule has 2 aromatic rings. The summed E-state index contributed by atoms with van der Waals surface area (Å²) < 4.78 is 6.26. The van der Waals surface area contributed by atoms with Crippen LogP contribution in [0.2, 0.25) is 0 Å². The van der Waals surface area contributed by atoms with Gasteiger partial charge in [-0.25, -0.2) is 4.79 Å². The fourth-order valence-electron chi connectivity index (χ4n) is 2.17. The van der Waals surface area contributed by atoms with Gasteiger partial charge in [0.05, 0.1) is 4.47 Å². The van der Waals surface area contributed by atoms with Crippen LogP contribution < -0.4 is 5.32 Å². The highest BCUT2D eigenvalue weighted by Gasteiger charge is 2.34. The number of rotatable bonds is 5. The van der Waals surface area contributed by atoms with Crippen LogP contribution in [0.4, 0.5) is 0 Å². The average Bonchev–Trinajstić information content (AvgIpc) is 2.84. The van der Waals surface area contributed by atoms with Crippen molar-refractivity contribution < 1.29 is 19.1 Å². The molecule has 1 aromatic carbocycles. The molecule has 1 amide bonds. The first-order valence-corrected chi connectivity index (χ1v) is 7.40. The number of carbonyl (C=O) groups excluding carboxylic acids is 1. The molecule has 0 spiro atoms. The maximum Gasteiger partial charge on any atom is 0.329 e. The molecular weight excluding hydrogens is 338 g/mol. The molecule has 5 nitrogen and oxygen atoms in total. The monoisotopic (exact) mass is 353 g/mol. The molecule has 0 radical (unpaired) electrons. The van der Waals surface area contributed by atoms with Crippen molar-refractivity contribution in [2.75, 3.05) is 0 Å². The molecule has 2 N–H and O–H groups in total. The van der Waals surface area contributed by atoms with Gasteiger partial charge < -0.3 is 14.8 Å². The summed E-state index contributed by atoms with van der Waals surface area (Å²) in [5, 5.41) is 12.6. The minimum Gasteiger partial charge on any atom is -0.480 e. The zero-order valence-electron chi connectivity index (χ0n) is 11.8. The minimum absolute atomic E-state index is 0.0977. The Morgan fingerprint density at radius 3 is 2.71 bits per heavy atom. The molecule has 0 aliphatic carbocycles. The third-order valence-corrected chi connectivity index (χ3v) is 3.96. The Bertz CT molecular complexity index is 694. The number of para-hydroxylation sites is 1. The van der Waals surface area contributed by atoms with Crippen molar-refractivity contribution in [3.8, 4) is 0 Å². The van der Waals surface area contributed by atoms with Gasteiger partial charge in [-0.15, -0.1) is 0 Å². The number of amides is 1. The van der Waals surface area contributed by atoms with Crippen LogP contribution in [0.5, 0.6) is 0 Å². The van der Waals surface area contributed by atoms with Crippen LogP contribution in [-0.4, -0.2) is 22.5 Å². The highest BCUT2D eigenvalue weighted by molar-refractivity contribution is 9.10. The topological polar surface area (TPSA) is 79.5 Å². The molecular formula is C15H16BrNO4. The number of fused-ring (bicyclic) bond motifs is 1. The quantitative estimate of drug-likeness (QED) is 0.860. The second-order valence-corrected chi connectivity index (χ2v) is 5.96. The van der Waals surface area contributed by atoms with Gasteiger partial charge in [0, 0.05) is 5.39 Å². The zero-order chi connectivity index (χ0) is 15.6. The van der Waals surface area contributed by atoms with E-state index in [0.717, 1.165) is 9.86 Å². The molecule has 2 rings (SSSR count). The lowest BCUT2D eigenvalue weighted by atomic mass is 9.96. The highest BCUT2D eigenvalue weighted by atomic mass is 79.9. The molecule has 1 atom stereocenters. The highest BCUT2D eigenvalue weighted by Crippen LogP contribution is 2.27. The Kier molecular flexibility index (Phi) is 4.37. The lowest BCUT2D eigenvalue weighted by Crippen LogP contribution is -2.52. The van der Waals surface area contributed by atoms with E-state index >= 15 is 0 Å². The Morgan fingerprint density at radius 1 is 1.43 bits per heavy atom. The van der Waals surface area contributed by atoms with Crippen molar-refractivity contribution in [2.24, 2.45) is 0 Å². The number of carbonyl (C=O) groups is 2. The summed E-state index contributed by atoms with van der Waals surface area (Å²) in [7, 11) is 0. The fraction of sp³-hybridized carbons (Fsp3) is 0.333. The van der Waals surface area contributed by atoms with E-state index in [4.69, 9.17) is 4.42 Å². The van der Waals surface area contributed by atoms with Crippen molar-refractivity contribution in [1.29, 1.82) is 0 Å². The second-order valence-electron chi connectivity index (χ2n) is 5.11. The molecule has 1 unspecified atom stereocenters. The van der Waals surface area contributed by atoms with Crippen LogP contribution in [0.15, 0.2) is 33.2 Å². The van der Waals surface area contributed by atoms with E-state index in [9.17, 15) is 14.7 Å². The molecule has 0 bridgehead atoms. The molecule has 0 saturated carbocycles. The van der Waals surface area contributed by atoms with Gasteiger partial charge in [0.1, 0.15) is 11.1 Å². The van der Waals surface area contributed by atoms with Crippen molar-refractivity contribution in [3.63, 3.8) is 0 Å². The molecule has 0 aliphatic heterocycles. The van der Waals surface area contributed by atoms with E-state index < -0.39 is 17.4 Å². The van der Waals surface area contributed by atoms with E-state index in [1.54, 1.807) is 6.07 Å². The predicted molar refractivity (Wildman–Crippen MR) is 82.3 cm³/mol. The molecule has 1 aromatic heterocycles. The maximum absolute atomic E-state index is 12.2. The molecule has 6 heteroatoms. The van der Waals surface area contributed by atoms with Gasteiger partial charge in [0.2, 0.25) is 0 Å². The largest absolute Gasteiger partial charge is 0.480 e. The Hall–Kier alpha value is -1.82. The lowest BCUT2D eigenvalue weighted by Gasteiger charge is -2.25. The average molecular weight is 354 g/mol. The predicted octanol–water partition coefficient (Wildman–Crippen LogP) is 3.57. The number of benzene rings is 1. The lowest BCUT2D eigenvalue weighted by molar-refractivity contribution is -0.144. The standard InChI is InChI=1S/C15H16BrNO4/c1-3-7-15(2,14(19)20)17-13(18)11-8-9-5-4-6-10(16)12(9)21-11/h4-6,8H,3,7H2,1-2H3,(H,17,18)(H,19,20). The van der Waals surface area contributed by atoms with Gasteiger partial charge in [-0.05, 0) is 41.4 Å². The van der Waals surface area contributed by atoms with Crippen molar-refractivity contribution in [2.45, 2.75) is 32.2 Å². The Labute approximate surface area is 130 Å². The third kappa shape index (κ3) is 3.10. The number of nitrogens with one attached hydrogen (secondary N) is 1. The van der Waals surface area contributed by atoms with Crippen LogP contribution in [0, 0.1) is 0 Å². The fourth-order valence-corrected chi connectivity index (χ4v) is 2.64. The number of carboxylic acids is 1. The number of hydrogen-bond donors (Lipinski definition) is 2. The Balaban J connectivity index is 2.30. The van der Waals surface area contributed by atoms with Crippen molar-refractivity contribution >= 4 is 38.8 Å². The zero-order valence-corrected chi connectivity index (χ0v) is 13.4. The molecule has 0 aliphatic rings. The number of furan rings is 1. The number of aliphatic carboxylic acids is 1. The van der Waals surface area contributed by atoms with Gasteiger partial charge in [-0.3, -0.25) is 4.79 Å². The number of hydrogen-bond acceptors (Lipinski definition) is 3. The van der Waals surface area contributed by atoms with Gasteiger partial charge in [-0.2, -0.15) is 0 Å². The maximum atomic E-state index is 12.2. The van der Waals surface area contributed by atoms with E-state index in [0.29, 0.717) is 18.4 Å². The van der Waals surface area contributed by atoms with Crippen LogP contribution in [0.25, 0.3) is 11.0 Å². The summed E-state index contributed by atoms with van der Waals surface area (Å²) >= 11 is 3.35. The molecule has 1 heterocycles. The van der Waals surface area contributed by atoms with E-state index in [1.165, 1.54) is 6.92 Å². The number of halogens is 1. The summed E-state index contributed by atoms with van der Waals surface area (Å²) in [6, 6.07) is 7.07. The van der Waals surface area contributed by atoms with Gasteiger partial charge in [0.15, 0.2) is 5.76 Å². The van der Waals surface area contributed by atoms with Gasteiger partial charge in [-0.1, -0.05) is 25.5 Å². The molecule has 0 fully saturated rings. The first kappa shape index (κ1) is 15.6. The van der Waals surface area contributed by atoms with E-state index in [-0.39, 0.29) is 5.76 Å². The summed E-state index contributed by atoms with van der Waals surface area (Å²) in [5.41, 5.74) is -0.739. The molecule has 112 valence electrons. The van der Waals surface area contributed by atoms with E-state index in [2.05, 4.69) is 21.2 Å². The van der Waals surface area contributed by atoms with Crippen LogP contribution in [0.3, 0.4) is 0 Å². The van der Waals surface area contributed by atoms with Gasteiger partial charge >= 0.3 is 5.97 Å². The van der Waals surface area contributed by atoms with E-state index in [1.807, 2.05) is 25.1 Å². The van der Waals surface area contributed by atoms with Crippen LogP contribution in [-0.2, 0) is 4.79 Å². The second kappa shape index (κ2) is 5.89. The van der Waals surface area contributed by atoms with Crippen LogP contribution in [0.1, 0.15) is 37.2 Å². The summed E-state index contributed by atoms with van der Waals surface area (Å²) in [5.74, 6) is -1.49. The first-order valence-electron chi connectivity index (χ1n) is 6.61. The smallest absolute Gasteiger partial charge is 0.329 e. The third-order valence-electron chi connectivity index (χ3n) is 3.33. The van der Waals surface area contributed by atoms with Gasteiger partial charge in [0.25, 0.3) is 5.91 Å². The normalized spacial score (nSPS) is 13.9. The number of carboxylic acid groups (broad SMARTS) is 1. The first-order chi connectivity index (χ1) is 9.87. The minimum atomic E-state index is -1.30. The summed E-state index contributed by atoms with van der Waals surface area (Å²) in [4.78, 5) is 23.6. The Morgan fingerprint density at radius 2 is 2.14 bits per heavy atom. The summed E-state index contributed by atoms with van der Waals surface area (Å²) in [6.07, 6.45) is 0.993. The van der Waals surface area contributed by atoms with Crippen molar-refractivity contribution in [1.82, 2.24) is 5.32 Å². The SMILES string of the molecule is CCCC(C)(NC(=O)c1cc2cccc(Br)c2o1)C(=O)O.